The molecule has 0 saturated heterocycles. The summed E-state index contributed by atoms with van der Waals surface area (Å²) < 4.78 is 0. The molecular weight excluding hydrogens is 259 g/mol. The summed E-state index contributed by atoms with van der Waals surface area (Å²) in [4.78, 5) is 13.9. The SMILES string of the molecule is CCC1Nc2cc(Cl)c(Cl)cc2N(CC)C1=O. The maximum absolute atomic E-state index is 12.1. The highest BCUT2D eigenvalue weighted by Gasteiger charge is 2.30. The first-order valence-corrected chi connectivity index (χ1v) is 6.41. The average Bonchev–Trinajstić information content (AvgIpc) is 2.31. The maximum atomic E-state index is 12.1. The number of halogens is 2. The summed E-state index contributed by atoms with van der Waals surface area (Å²) in [5, 5.41) is 4.16. The third kappa shape index (κ3) is 2.09. The Hall–Kier alpha value is -0.930. The van der Waals surface area contributed by atoms with Crippen LogP contribution >= 0.6 is 23.2 Å². The standard InChI is InChI=1S/C12H14Cl2N2O/c1-3-9-12(17)16(4-2)11-6-8(14)7(13)5-10(11)15-9/h5-6,9,15H,3-4H2,1-2H3. The van der Waals surface area contributed by atoms with Gasteiger partial charge in [-0.2, -0.15) is 0 Å². The van der Waals surface area contributed by atoms with Crippen molar-refractivity contribution >= 4 is 40.5 Å². The van der Waals surface area contributed by atoms with Crippen LogP contribution in [0.15, 0.2) is 12.1 Å². The predicted octanol–water partition coefficient (Wildman–Crippen LogP) is 3.55. The Bertz CT molecular complexity index is 462. The van der Waals surface area contributed by atoms with Gasteiger partial charge in [0.05, 0.1) is 21.4 Å². The monoisotopic (exact) mass is 272 g/mol. The van der Waals surface area contributed by atoms with Gasteiger partial charge in [-0.3, -0.25) is 4.79 Å². The number of hydrogen-bond acceptors (Lipinski definition) is 2. The van der Waals surface area contributed by atoms with E-state index in [1.165, 1.54) is 0 Å². The third-order valence-corrected chi connectivity index (χ3v) is 3.67. The van der Waals surface area contributed by atoms with Crippen LogP contribution in [0.1, 0.15) is 20.3 Å². The summed E-state index contributed by atoms with van der Waals surface area (Å²) in [6.45, 7) is 4.55. The predicted molar refractivity (Wildman–Crippen MR) is 72.2 cm³/mol. The van der Waals surface area contributed by atoms with E-state index in [9.17, 15) is 4.79 Å². The summed E-state index contributed by atoms with van der Waals surface area (Å²) in [5.41, 5.74) is 1.67. The number of nitrogens with one attached hydrogen (secondary N) is 1. The molecule has 2 rings (SSSR count). The summed E-state index contributed by atoms with van der Waals surface area (Å²) >= 11 is 12.0. The Balaban J connectivity index is 2.52. The molecule has 1 atom stereocenters. The fourth-order valence-electron chi connectivity index (χ4n) is 2.03. The van der Waals surface area contributed by atoms with E-state index in [4.69, 9.17) is 23.2 Å². The molecule has 0 saturated carbocycles. The lowest BCUT2D eigenvalue weighted by Crippen LogP contribution is -2.46. The summed E-state index contributed by atoms with van der Waals surface area (Å²) in [7, 11) is 0. The van der Waals surface area contributed by atoms with Crippen molar-refractivity contribution < 1.29 is 4.79 Å². The molecule has 0 aliphatic carbocycles. The maximum Gasteiger partial charge on any atom is 0.249 e. The number of rotatable bonds is 2. The molecule has 0 fully saturated rings. The number of hydrogen-bond donors (Lipinski definition) is 1. The van der Waals surface area contributed by atoms with Crippen LogP contribution in [0.3, 0.4) is 0 Å². The Labute approximate surface area is 111 Å². The number of fused-ring (bicyclic) bond motifs is 1. The smallest absolute Gasteiger partial charge is 0.249 e. The van der Waals surface area contributed by atoms with Crippen molar-refractivity contribution in [3.63, 3.8) is 0 Å². The van der Waals surface area contributed by atoms with Gasteiger partial charge < -0.3 is 10.2 Å². The van der Waals surface area contributed by atoms with E-state index >= 15 is 0 Å². The van der Waals surface area contributed by atoms with Gasteiger partial charge in [-0.15, -0.1) is 0 Å². The Kier molecular flexibility index (Phi) is 3.50. The Morgan fingerprint density at radius 3 is 2.53 bits per heavy atom. The average molecular weight is 273 g/mol. The lowest BCUT2D eigenvalue weighted by molar-refractivity contribution is -0.119. The number of benzene rings is 1. The first-order chi connectivity index (χ1) is 8.08. The first-order valence-electron chi connectivity index (χ1n) is 5.65. The molecule has 0 radical (unpaired) electrons. The zero-order valence-corrected chi connectivity index (χ0v) is 11.3. The Morgan fingerprint density at radius 1 is 1.29 bits per heavy atom. The van der Waals surface area contributed by atoms with Crippen LogP contribution in [0.4, 0.5) is 11.4 Å². The van der Waals surface area contributed by atoms with Gasteiger partial charge in [-0.1, -0.05) is 30.1 Å². The van der Waals surface area contributed by atoms with Crippen molar-refractivity contribution in [2.24, 2.45) is 0 Å². The largest absolute Gasteiger partial charge is 0.372 e. The molecule has 1 N–H and O–H groups in total. The second-order valence-corrected chi connectivity index (χ2v) is 4.79. The topological polar surface area (TPSA) is 32.3 Å². The van der Waals surface area contributed by atoms with Gasteiger partial charge in [-0.25, -0.2) is 0 Å². The zero-order valence-electron chi connectivity index (χ0n) is 9.76. The van der Waals surface area contributed by atoms with Crippen molar-refractivity contribution in [3.05, 3.63) is 22.2 Å². The van der Waals surface area contributed by atoms with Gasteiger partial charge >= 0.3 is 0 Å². The third-order valence-electron chi connectivity index (χ3n) is 2.95. The number of likely N-dealkylation sites (N-methyl/N-ethyl adjacent to an activating group) is 1. The van der Waals surface area contributed by atoms with Crippen LogP contribution in [0.2, 0.25) is 10.0 Å². The number of amides is 1. The van der Waals surface area contributed by atoms with Crippen LogP contribution < -0.4 is 10.2 Å². The van der Waals surface area contributed by atoms with Gasteiger partial charge in [0.1, 0.15) is 6.04 Å². The van der Waals surface area contributed by atoms with Crippen LogP contribution in [-0.2, 0) is 4.79 Å². The van der Waals surface area contributed by atoms with Crippen molar-refractivity contribution in [1.82, 2.24) is 0 Å². The van der Waals surface area contributed by atoms with Crippen LogP contribution in [-0.4, -0.2) is 18.5 Å². The van der Waals surface area contributed by atoms with Gasteiger partial charge in [0.25, 0.3) is 0 Å². The lowest BCUT2D eigenvalue weighted by atomic mass is 10.1. The molecule has 1 aliphatic heterocycles. The summed E-state index contributed by atoms with van der Waals surface area (Å²) in [5.74, 6) is 0.0842. The fourth-order valence-corrected chi connectivity index (χ4v) is 2.36. The van der Waals surface area contributed by atoms with E-state index in [-0.39, 0.29) is 11.9 Å². The summed E-state index contributed by atoms with van der Waals surface area (Å²) in [6.07, 6.45) is 0.745. The van der Waals surface area contributed by atoms with E-state index in [2.05, 4.69) is 5.32 Å². The van der Waals surface area contributed by atoms with Crippen molar-refractivity contribution in [2.75, 3.05) is 16.8 Å². The lowest BCUT2D eigenvalue weighted by Gasteiger charge is -2.34. The van der Waals surface area contributed by atoms with Gasteiger partial charge in [0.15, 0.2) is 0 Å². The van der Waals surface area contributed by atoms with Crippen LogP contribution in [0.5, 0.6) is 0 Å². The van der Waals surface area contributed by atoms with Crippen molar-refractivity contribution in [2.45, 2.75) is 26.3 Å². The van der Waals surface area contributed by atoms with E-state index in [0.717, 1.165) is 17.8 Å². The Morgan fingerprint density at radius 2 is 1.94 bits per heavy atom. The second-order valence-electron chi connectivity index (χ2n) is 3.97. The molecule has 5 heteroatoms. The molecule has 0 bridgehead atoms. The number of carbonyl (C=O) groups is 1. The van der Waals surface area contributed by atoms with Crippen molar-refractivity contribution in [3.8, 4) is 0 Å². The molecule has 1 amide bonds. The fraction of sp³-hybridized carbons (Fsp3) is 0.417. The number of nitrogens with zero attached hydrogens (tertiary/aromatic N) is 1. The quantitative estimate of drug-likeness (QED) is 0.893. The molecule has 92 valence electrons. The van der Waals surface area contributed by atoms with Gasteiger partial charge in [0, 0.05) is 6.54 Å². The highest BCUT2D eigenvalue weighted by Crippen LogP contribution is 2.38. The number of anilines is 2. The molecule has 0 spiro atoms. The minimum Gasteiger partial charge on any atom is -0.372 e. The molecule has 1 unspecified atom stereocenters. The molecule has 1 aromatic carbocycles. The highest BCUT2D eigenvalue weighted by molar-refractivity contribution is 6.42. The molecule has 3 nitrogen and oxygen atoms in total. The van der Waals surface area contributed by atoms with Crippen LogP contribution in [0, 0.1) is 0 Å². The molecule has 1 aromatic rings. The molecule has 1 aliphatic rings. The van der Waals surface area contributed by atoms with E-state index in [1.54, 1.807) is 17.0 Å². The molecule has 1 heterocycles. The molecule has 17 heavy (non-hydrogen) atoms. The van der Waals surface area contributed by atoms with E-state index in [1.807, 2.05) is 13.8 Å². The minimum absolute atomic E-state index is 0.0842. The second kappa shape index (κ2) is 4.75. The normalized spacial score (nSPS) is 18.9. The summed E-state index contributed by atoms with van der Waals surface area (Å²) in [6, 6.07) is 3.33. The highest BCUT2D eigenvalue weighted by atomic mass is 35.5. The van der Waals surface area contributed by atoms with Crippen molar-refractivity contribution in [1.29, 1.82) is 0 Å². The van der Waals surface area contributed by atoms with Gasteiger partial charge in [0.2, 0.25) is 5.91 Å². The molecular formula is C12H14Cl2N2O. The van der Waals surface area contributed by atoms with E-state index in [0.29, 0.717) is 16.6 Å². The zero-order chi connectivity index (χ0) is 12.6. The first kappa shape index (κ1) is 12.5. The van der Waals surface area contributed by atoms with Crippen LogP contribution in [0.25, 0.3) is 0 Å². The molecule has 0 aromatic heterocycles. The van der Waals surface area contributed by atoms with E-state index < -0.39 is 0 Å². The van der Waals surface area contributed by atoms with Gasteiger partial charge in [-0.05, 0) is 25.5 Å². The minimum atomic E-state index is -0.181. The number of carbonyl (C=O) groups excluding carboxylic acids is 1.